The van der Waals surface area contributed by atoms with Crippen molar-refractivity contribution in [3.63, 3.8) is 0 Å². The molecule has 1 N–H and O–H groups in total. The van der Waals surface area contributed by atoms with Gasteiger partial charge in [0.2, 0.25) is 5.91 Å². The highest BCUT2D eigenvalue weighted by molar-refractivity contribution is 5.79. The van der Waals surface area contributed by atoms with Crippen molar-refractivity contribution in [1.29, 1.82) is 0 Å². The molecule has 6 heteroatoms. The molecule has 0 saturated carbocycles. The van der Waals surface area contributed by atoms with Crippen LogP contribution >= 0.6 is 0 Å². The van der Waals surface area contributed by atoms with Gasteiger partial charge in [-0.05, 0) is 30.9 Å². The Morgan fingerprint density at radius 2 is 2.12 bits per heavy atom. The van der Waals surface area contributed by atoms with Gasteiger partial charge in [-0.25, -0.2) is 0 Å². The molecule has 1 aromatic heterocycles. The summed E-state index contributed by atoms with van der Waals surface area (Å²) in [5.41, 5.74) is 1.03. The summed E-state index contributed by atoms with van der Waals surface area (Å²) < 4.78 is 11.5. The molecule has 0 aromatic carbocycles. The lowest BCUT2D eigenvalue weighted by molar-refractivity contribution is -0.132. The van der Waals surface area contributed by atoms with Crippen LogP contribution in [0.1, 0.15) is 24.8 Å². The van der Waals surface area contributed by atoms with Crippen LogP contribution in [0.3, 0.4) is 0 Å². The minimum atomic E-state index is 0.0146. The molecule has 25 heavy (non-hydrogen) atoms. The summed E-state index contributed by atoms with van der Waals surface area (Å²) in [5, 5.41) is 3.12. The Morgan fingerprint density at radius 1 is 1.24 bits per heavy atom. The van der Waals surface area contributed by atoms with E-state index in [1.807, 2.05) is 12.1 Å². The number of amides is 1. The number of hydrogen-bond donors (Lipinski definition) is 1. The maximum absolute atomic E-state index is 12.9. The van der Waals surface area contributed by atoms with Crippen LogP contribution < -0.4 is 5.32 Å². The van der Waals surface area contributed by atoms with Gasteiger partial charge in [-0.2, -0.15) is 0 Å². The molecule has 3 aliphatic heterocycles. The van der Waals surface area contributed by atoms with Crippen LogP contribution in [0, 0.1) is 11.8 Å². The zero-order chi connectivity index (χ0) is 17.1. The summed E-state index contributed by atoms with van der Waals surface area (Å²) in [6.07, 6.45) is 6.86. The number of ether oxygens (including phenoxy) is 2. The summed E-state index contributed by atoms with van der Waals surface area (Å²) in [7, 11) is 0. The highest BCUT2D eigenvalue weighted by Gasteiger charge is 2.45. The first-order valence-corrected chi connectivity index (χ1v) is 9.41. The van der Waals surface area contributed by atoms with Crippen molar-refractivity contribution in [2.24, 2.45) is 11.8 Å². The molecule has 3 atom stereocenters. The van der Waals surface area contributed by atoms with Crippen LogP contribution in [-0.2, 0) is 20.8 Å². The van der Waals surface area contributed by atoms with Crippen molar-refractivity contribution < 1.29 is 14.3 Å². The van der Waals surface area contributed by atoms with Gasteiger partial charge in [0.25, 0.3) is 0 Å². The van der Waals surface area contributed by atoms with E-state index in [2.05, 4.69) is 15.2 Å². The smallest absolute Gasteiger partial charge is 0.225 e. The third kappa shape index (κ3) is 3.86. The van der Waals surface area contributed by atoms with Crippen LogP contribution in [0.4, 0.5) is 0 Å². The second kappa shape index (κ2) is 7.81. The Hall–Kier alpha value is -1.50. The lowest BCUT2D eigenvalue weighted by Crippen LogP contribution is -2.56. The van der Waals surface area contributed by atoms with Crippen LogP contribution in [0.15, 0.2) is 24.5 Å². The van der Waals surface area contributed by atoms with Crippen LogP contribution in [0.5, 0.6) is 0 Å². The first kappa shape index (κ1) is 16.9. The number of carbonyl (C=O) groups is 1. The van der Waals surface area contributed by atoms with Crippen LogP contribution in [0.25, 0.3) is 0 Å². The summed E-state index contributed by atoms with van der Waals surface area (Å²) >= 11 is 0. The van der Waals surface area contributed by atoms with Gasteiger partial charge in [0.1, 0.15) is 0 Å². The van der Waals surface area contributed by atoms with Gasteiger partial charge < -0.3 is 14.8 Å². The normalized spacial score (nSPS) is 30.8. The maximum Gasteiger partial charge on any atom is 0.225 e. The van der Waals surface area contributed by atoms with Gasteiger partial charge in [0, 0.05) is 63.8 Å². The minimum absolute atomic E-state index is 0.0146. The third-order valence-corrected chi connectivity index (χ3v) is 5.86. The SMILES string of the molecule is O=C(NCc1cccnc1)[C@H]1CN(C2CCOCC2)C[C@H]2OCC[C@@H]12. The quantitative estimate of drug-likeness (QED) is 0.889. The lowest BCUT2D eigenvalue weighted by Gasteiger charge is -2.44. The van der Waals surface area contributed by atoms with E-state index in [9.17, 15) is 4.79 Å². The van der Waals surface area contributed by atoms with E-state index in [0.717, 1.165) is 57.7 Å². The van der Waals surface area contributed by atoms with Gasteiger partial charge in [0.05, 0.1) is 12.0 Å². The number of nitrogens with zero attached hydrogens (tertiary/aromatic N) is 2. The molecule has 0 bridgehead atoms. The molecule has 4 rings (SSSR count). The number of nitrogens with one attached hydrogen (secondary N) is 1. The Kier molecular flexibility index (Phi) is 5.29. The van der Waals surface area contributed by atoms with Crippen molar-refractivity contribution in [2.45, 2.75) is 38.0 Å². The second-order valence-corrected chi connectivity index (χ2v) is 7.34. The van der Waals surface area contributed by atoms with Crippen molar-refractivity contribution in [3.8, 4) is 0 Å². The zero-order valence-corrected chi connectivity index (χ0v) is 14.6. The first-order chi connectivity index (χ1) is 12.3. The Balaban J connectivity index is 1.41. The van der Waals surface area contributed by atoms with E-state index in [1.54, 1.807) is 12.4 Å². The fourth-order valence-corrected chi connectivity index (χ4v) is 4.46. The molecule has 0 aliphatic carbocycles. The number of pyridine rings is 1. The fourth-order valence-electron chi connectivity index (χ4n) is 4.46. The summed E-state index contributed by atoms with van der Waals surface area (Å²) in [6.45, 7) is 4.78. The van der Waals surface area contributed by atoms with Gasteiger partial charge in [-0.3, -0.25) is 14.7 Å². The third-order valence-electron chi connectivity index (χ3n) is 5.86. The fraction of sp³-hybridized carbons (Fsp3) is 0.684. The molecule has 3 fully saturated rings. The highest BCUT2D eigenvalue weighted by atomic mass is 16.5. The largest absolute Gasteiger partial charge is 0.381 e. The number of likely N-dealkylation sites (tertiary alicyclic amines) is 1. The number of carbonyl (C=O) groups excluding carboxylic acids is 1. The molecular weight excluding hydrogens is 318 g/mol. The van der Waals surface area contributed by atoms with E-state index in [-0.39, 0.29) is 17.9 Å². The van der Waals surface area contributed by atoms with E-state index in [1.165, 1.54) is 0 Å². The molecule has 0 unspecified atom stereocenters. The van der Waals surface area contributed by atoms with Crippen LogP contribution in [-0.4, -0.2) is 60.8 Å². The molecule has 1 amide bonds. The van der Waals surface area contributed by atoms with Crippen LogP contribution in [0.2, 0.25) is 0 Å². The van der Waals surface area contributed by atoms with Gasteiger partial charge >= 0.3 is 0 Å². The van der Waals surface area contributed by atoms with Crippen molar-refractivity contribution in [3.05, 3.63) is 30.1 Å². The molecule has 1 aromatic rings. The number of piperidine rings is 1. The van der Waals surface area contributed by atoms with E-state index in [4.69, 9.17) is 9.47 Å². The molecular formula is C19H27N3O3. The summed E-state index contributed by atoms with van der Waals surface area (Å²) in [6, 6.07) is 4.41. The molecule has 0 radical (unpaired) electrons. The summed E-state index contributed by atoms with van der Waals surface area (Å²) in [5.74, 6) is 0.520. The van der Waals surface area contributed by atoms with Gasteiger partial charge in [-0.1, -0.05) is 6.07 Å². The monoisotopic (exact) mass is 345 g/mol. The van der Waals surface area contributed by atoms with Crippen molar-refractivity contribution >= 4 is 5.91 Å². The average Bonchev–Trinajstić information content (AvgIpc) is 3.15. The average molecular weight is 345 g/mol. The van der Waals surface area contributed by atoms with Gasteiger partial charge in [-0.15, -0.1) is 0 Å². The number of aromatic nitrogens is 1. The maximum atomic E-state index is 12.9. The topological polar surface area (TPSA) is 63.7 Å². The second-order valence-electron chi connectivity index (χ2n) is 7.34. The van der Waals surface area contributed by atoms with E-state index in [0.29, 0.717) is 18.5 Å². The molecule has 4 heterocycles. The number of hydrogen-bond acceptors (Lipinski definition) is 5. The molecule has 6 nitrogen and oxygen atoms in total. The predicted molar refractivity (Wildman–Crippen MR) is 92.8 cm³/mol. The molecule has 136 valence electrons. The lowest BCUT2D eigenvalue weighted by atomic mass is 9.81. The van der Waals surface area contributed by atoms with E-state index >= 15 is 0 Å². The minimum Gasteiger partial charge on any atom is -0.381 e. The summed E-state index contributed by atoms with van der Waals surface area (Å²) in [4.78, 5) is 19.5. The standard InChI is InChI=1S/C19H27N3O3/c23-19(21-11-14-2-1-6-20-10-14)17-12-22(15-3-7-24-8-4-15)13-18-16(17)5-9-25-18/h1-2,6,10,15-18H,3-5,7-9,11-13H2,(H,21,23)/t16-,17-,18+/m0/s1. The number of fused-ring (bicyclic) bond motifs is 1. The Labute approximate surface area is 148 Å². The first-order valence-electron chi connectivity index (χ1n) is 9.41. The Bertz CT molecular complexity index is 577. The number of rotatable bonds is 4. The Morgan fingerprint density at radius 3 is 2.92 bits per heavy atom. The zero-order valence-electron chi connectivity index (χ0n) is 14.6. The van der Waals surface area contributed by atoms with E-state index < -0.39 is 0 Å². The van der Waals surface area contributed by atoms with Crippen molar-refractivity contribution in [2.75, 3.05) is 32.9 Å². The predicted octanol–water partition coefficient (Wildman–Crippen LogP) is 1.21. The molecule has 3 saturated heterocycles. The van der Waals surface area contributed by atoms with Gasteiger partial charge in [0.15, 0.2) is 0 Å². The molecule has 3 aliphatic rings. The van der Waals surface area contributed by atoms with Crippen molar-refractivity contribution in [1.82, 2.24) is 15.2 Å². The highest BCUT2D eigenvalue weighted by Crippen LogP contribution is 2.35. The molecule has 0 spiro atoms.